The number of phosphoric acid groups is 2. The van der Waals surface area contributed by atoms with E-state index < -0.39 is 97.5 Å². The summed E-state index contributed by atoms with van der Waals surface area (Å²) in [5.41, 5.74) is 0. The average Bonchev–Trinajstić information content (AvgIpc) is 3.61. The maximum atomic E-state index is 13.0. The lowest BCUT2D eigenvalue weighted by Gasteiger charge is -2.21. The van der Waals surface area contributed by atoms with Gasteiger partial charge < -0.3 is 33.8 Å². The minimum Gasteiger partial charge on any atom is -0.462 e. The first-order valence-electron chi connectivity index (χ1n) is 33.3. The third kappa shape index (κ3) is 57.3. The number of phosphoric ester groups is 2. The maximum Gasteiger partial charge on any atom is 0.472 e. The number of aliphatic hydroxyl groups excluding tert-OH is 1. The van der Waals surface area contributed by atoms with Crippen molar-refractivity contribution in [2.24, 2.45) is 11.8 Å². The van der Waals surface area contributed by atoms with Crippen LogP contribution in [0.4, 0.5) is 0 Å². The van der Waals surface area contributed by atoms with Crippen LogP contribution >= 0.6 is 15.6 Å². The van der Waals surface area contributed by atoms with Crippen LogP contribution in [0.25, 0.3) is 0 Å². The van der Waals surface area contributed by atoms with Crippen LogP contribution in [0, 0.1) is 11.8 Å². The maximum absolute atomic E-state index is 13.0. The Balaban J connectivity index is 5.27. The van der Waals surface area contributed by atoms with Gasteiger partial charge in [-0.05, 0) is 63.2 Å². The molecule has 0 saturated heterocycles. The highest BCUT2D eigenvalue weighted by atomic mass is 31.2. The Morgan fingerprint density at radius 3 is 1.07 bits per heavy atom. The van der Waals surface area contributed by atoms with Crippen molar-refractivity contribution < 1.29 is 80.2 Å². The van der Waals surface area contributed by atoms with Crippen molar-refractivity contribution in [2.75, 3.05) is 39.6 Å². The summed E-state index contributed by atoms with van der Waals surface area (Å²) in [6, 6.07) is 0. The number of carbonyl (C=O) groups excluding carboxylic acids is 4. The van der Waals surface area contributed by atoms with E-state index in [4.69, 9.17) is 37.0 Å². The van der Waals surface area contributed by atoms with Crippen LogP contribution in [0.15, 0.2) is 24.3 Å². The Kier molecular flexibility index (Phi) is 55.3. The summed E-state index contributed by atoms with van der Waals surface area (Å²) in [5.74, 6) is -0.728. The number of allylic oxidation sites excluding steroid dienone is 4. The molecule has 19 heteroatoms. The van der Waals surface area contributed by atoms with E-state index in [-0.39, 0.29) is 25.7 Å². The highest BCUT2D eigenvalue weighted by Gasteiger charge is 2.30. The molecule has 6 atom stereocenters. The van der Waals surface area contributed by atoms with Gasteiger partial charge >= 0.3 is 39.5 Å². The van der Waals surface area contributed by atoms with Gasteiger partial charge in [0.1, 0.15) is 19.3 Å². The number of rotatable bonds is 62. The summed E-state index contributed by atoms with van der Waals surface area (Å²) >= 11 is 0. The minimum absolute atomic E-state index is 0.0841. The second kappa shape index (κ2) is 57.0. The molecule has 17 nitrogen and oxygen atoms in total. The highest BCUT2D eigenvalue weighted by molar-refractivity contribution is 7.47. The smallest absolute Gasteiger partial charge is 0.462 e. The molecule has 0 saturated carbocycles. The topological polar surface area (TPSA) is 237 Å². The van der Waals surface area contributed by atoms with E-state index in [1.54, 1.807) is 0 Å². The van der Waals surface area contributed by atoms with E-state index in [9.17, 15) is 43.2 Å². The van der Waals surface area contributed by atoms with E-state index in [0.717, 1.165) is 115 Å². The van der Waals surface area contributed by atoms with Crippen LogP contribution in [0.3, 0.4) is 0 Å². The predicted molar refractivity (Wildman–Crippen MR) is 335 cm³/mol. The van der Waals surface area contributed by atoms with E-state index in [2.05, 4.69) is 65.8 Å². The first kappa shape index (κ1) is 81.5. The molecule has 0 aromatic carbocycles. The van der Waals surface area contributed by atoms with Gasteiger partial charge in [0.15, 0.2) is 12.2 Å². The zero-order chi connectivity index (χ0) is 62.2. The summed E-state index contributed by atoms with van der Waals surface area (Å²) in [7, 11) is -9.90. The molecule has 0 fully saturated rings. The largest absolute Gasteiger partial charge is 0.472 e. The summed E-state index contributed by atoms with van der Waals surface area (Å²) < 4.78 is 67.9. The van der Waals surface area contributed by atoms with Crippen molar-refractivity contribution in [1.29, 1.82) is 0 Å². The number of aliphatic hydroxyl groups is 1. The first-order chi connectivity index (χ1) is 40.4. The van der Waals surface area contributed by atoms with Gasteiger partial charge in [0, 0.05) is 25.7 Å². The molecule has 0 amide bonds. The van der Waals surface area contributed by atoms with Crippen molar-refractivity contribution >= 4 is 39.5 Å². The molecular formula is C65H122O17P2. The van der Waals surface area contributed by atoms with Gasteiger partial charge in [-0.1, -0.05) is 246 Å². The van der Waals surface area contributed by atoms with E-state index in [0.29, 0.717) is 31.6 Å². The lowest BCUT2D eigenvalue weighted by atomic mass is 9.99. The minimum atomic E-state index is -4.95. The van der Waals surface area contributed by atoms with E-state index in [1.807, 2.05) is 0 Å². The fourth-order valence-electron chi connectivity index (χ4n) is 9.14. The van der Waals surface area contributed by atoms with Crippen LogP contribution in [0.1, 0.15) is 298 Å². The van der Waals surface area contributed by atoms with Crippen LogP contribution in [-0.4, -0.2) is 96.7 Å². The summed E-state index contributed by atoms with van der Waals surface area (Å²) in [6.45, 7) is 9.31. The normalized spacial score (nSPS) is 14.8. The van der Waals surface area contributed by atoms with Crippen LogP contribution < -0.4 is 0 Å². The molecule has 0 rings (SSSR count). The molecule has 0 aliphatic rings. The van der Waals surface area contributed by atoms with Crippen molar-refractivity contribution in [3.63, 3.8) is 0 Å². The number of hydrogen-bond acceptors (Lipinski definition) is 15. The average molecular weight is 1240 g/mol. The molecule has 3 N–H and O–H groups in total. The van der Waals surface area contributed by atoms with Crippen LogP contribution in [-0.2, 0) is 65.4 Å². The van der Waals surface area contributed by atoms with Gasteiger partial charge in [0.2, 0.25) is 0 Å². The molecule has 0 heterocycles. The SMILES string of the molecule is CCCCCC/C=C\C=C/CCCCCCCC(=O)O[C@H](COC(=O)CCCCCCCCCCC(C)CC)COP(=O)(O)OC[C@@H](O)COP(=O)(O)OC[C@@H](COC(=O)CCCCCCCCCC)OC(=O)CCCCCCCCC(C)C. The third-order valence-corrected chi connectivity index (χ3v) is 16.6. The molecule has 84 heavy (non-hydrogen) atoms. The molecule has 0 aliphatic heterocycles. The first-order valence-corrected chi connectivity index (χ1v) is 36.3. The Labute approximate surface area is 510 Å². The molecule has 0 radical (unpaired) electrons. The molecule has 0 aromatic heterocycles. The zero-order valence-electron chi connectivity index (χ0n) is 53.7. The molecule has 0 spiro atoms. The van der Waals surface area contributed by atoms with Crippen LogP contribution in [0.2, 0.25) is 0 Å². The molecule has 494 valence electrons. The summed E-state index contributed by atoms with van der Waals surface area (Å²) in [5, 5.41) is 10.5. The summed E-state index contributed by atoms with van der Waals surface area (Å²) in [6.07, 6.45) is 42.7. The van der Waals surface area contributed by atoms with Crippen molar-refractivity contribution in [3.05, 3.63) is 24.3 Å². The van der Waals surface area contributed by atoms with Gasteiger partial charge in [0.05, 0.1) is 26.4 Å². The molecular weight excluding hydrogens is 1110 g/mol. The Morgan fingerprint density at radius 1 is 0.393 bits per heavy atom. The Bertz CT molecular complexity index is 1740. The Hall–Kier alpha value is -2.46. The van der Waals surface area contributed by atoms with E-state index >= 15 is 0 Å². The second-order valence-electron chi connectivity index (χ2n) is 23.5. The molecule has 0 aromatic rings. The molecule has 0 bridgehead atoms. The quantitative estimate of drug-likeness (QED) is 0.0169. The highest BCUT2D eigenvalue weighted by Crippen LogP contribution is 2.45. The lowest BCUT2D eigenvalue weighted by Crippen LogP contribution is -2.30. The summed E-state index contributed by atoms with van der Waals surface area (Å²) in [4.78, 5) is 72.1. The zero-order valence-corrected chi connectivity index (χ0v) is 55.5. The van der Waals surface area contributed by atoms with Crippen molar-refractivity contribution in [2.45, 2.75) is 317 Å². The predicted octanol–water partition coefficient (Wildman–Crippen LogP) is 17.6. The van der Waals surface area contributed by atoms with Gasteiger partial charge in [-0.2, -0.15) is 0 Å². The number of ether oxygens (including phenoxy) is 4. The third-order valence-electron chi connectivity index (χ3n) is 14.7. The molecule has 0 aliphatic carbocycles. The monoisotopic (exact) mass is 1240 g/mol. The lowest BCUT2D eigenvalue weighted by molar-refractivity contribution is -0.161. The fourth-order valence-corrected chi connectivity index (χ4v) is 10.7. The second-order valence-corrected chi connectivity index (χ2v) is 26.4. The van der Waals surface area contributed by atoms with Gasteiger partial charge in [-0.15, -0.1) is 0 Å². The van der Waals surface area contributed by atoms with Crippen LogP contribution in [0.5, 0.6) is 0 Å². The Morgan fingerprint density at radius 2 is 0.702 bits per heavy atom. The number of carbonyl (C=O) groups is 4. The van der Waals surface area contributed by atoms with Gasteiger partial charge in [-0.25, -0.2) is 9.13 Å². The number of hydrogen-bond donors (Lipinski definition) is 3. The fraction of sp³-hybridized carbons (Fsp3) is 0.877. The van der Waals surface area contributed by atoms with Crippen molar-refractivity contribution in [3.8, 4) is 0 Å². The van der Waals surface area contributed by atoms with E-state index in [1.165, 1.54) is 96.3 Å². The van der Waals surface area contributed by atoms with Gasteiger partial charge in [-0.3, -0.25) is 37.3 Å². The van der Waals surface area contributed by atoms with Crippen molar-refractivity contribution in [1.82, 2.24) is 0 Å². The number of esters is 4. The molecule has 3 unspecified atom stereocenters. The standard InChI is InChI=1S/C65H122O17P2/c1-7-10-12-14-16-18-19-20-21-22-23-24-30-37-43-49-64(69)81-60(53-76-63(68)48-42-36-29-26-25-27-34-40-46-58(6)9-3)55-79-83(71,72)77-51-59(66)52-78-84(73,74)80-56-61(54-75-62(67)47-41-35-28-17-15-13-11-8-2)82-65(70)50-44-38-32-31-33-39-45-57(4)5/h18-21,57-61,66H,7-17,22-56H2,1-6H3,(H,71,72)(H,73,74)/b19-18-,21-20-/t58?,59-,60-,61-/m1/s1. The van der Waals surface area contributed by atoms with Gasteiger partial charge in [0.25, 0.3) is 0 Å². The number of unbranched alkanes of at least 4 members (excludes halogenated alkanes) is 28.